The Balaban J connectivity index is 1.17. The minimum Gasteiger partial charge on any atom is -0.492 e. The van der Waals surface area contributed by atoms with Crippen molar-refractivity contribution in [3.63, 3.8) is 0 Å². The molecule has 0 aliphatic carbocycles. The minimum atomic E-state index is -2.64. The van der Waals surface area contributed by atoms with Crippen LogP contribution in [-0.2, 0) is 10.2 Å². The number of hydrogen-bond donors (Lipinski definition) is 8. The van der Waals surface area contributed by atoms with Gasteiger partial charge < -0.3 is 20.3 Å². The number of carbonyl (C=O) groups is 3. The van der Waals surface area contributed by atoms with Crippen molar-refractivity contribution in [1.29, 1.82) is 0 Å². The second-order valence-corrected chi connectivity index (χ2v) is 12.5. The van der Waals surface area contributed by atoms with Gasteiger partial charge in [0.15, 0.2) is 6.04 Å². The first-order chi connectivity index (χ1) is 20.8. The van der Waals surface area contributed by atoms with E-state index in [2.05, 4.69) is 20.9 Å². The van der Waals surface area contributed by atoms with Gasteiger partial charge in [0.25, 0.3) is 23.3 Å². The summed E-state index contributed by atoms with van der Waals surface area (Å²) in [5.74, 6) is -3.08. The van der Waals surface area contributed by atoms with Crippen molar-refractivity contribution in [2.24, 2.45) is 11.5 Å². The SMILES string of the molecule is CC1(C)COc2c(C(=O)N[C@H]3C[N+]4=C(N)N[C@@H](CN5C(=O)CN(c6ccccc6)C5=O)[C@@H]5[NH+]=C(N)N[C@@]54C3(O)O)cccc21. The molecule has 0 unspecified atom stereocenters. The van der Waals surface area contributed by atoms with E-state index < -0.39 is 47.4 Å². The Hall–Kier alpha value is -4.89. The second kappa shape index (κ2) is 9.30. The van der Waals surface area contributed by atoms with Crippen molar-refractivity contribution >= 4 is 35.5 Å². The molecule has 0 aromatic heterocycles. The molecule has 15 nitrogen and oxygen atoms in total. The Kier molecular flexibility index (Phi) is 5.90. The molecule has 5 aliphatic heterocycles. The van der Waals surface area contributed by atoms with Gasteiger partial charge in [-0.2, -0.15) is 0 Å². The lowest BCUT2D eigenvalue weighted by atomic mass is 9.84. The zero-order valence-corrected chi connectivity index (χ0v) is 24.2. The van der Waals surface area contributed by atoms with Crippen LogP contribution in [0.1, 0.15) is 29.8 Å². The van der Waals surface area contributed by atoms with Gasteiger partial charge in [-0.25, -0.2) is 14.7 Å². The van der Waals surface area contributed by atoms with Gasteiger partial charge in [0.1, 0.15) is 24.4 Å². The van der Waals surface area contributed by atoms with E-state index in [9.17, 15) is 24.6 Å². The summed E-state index contributed by atoms with van der Waals surface area (Å²) in [7, 11) is 0. The summed E-state index contributed by atoms with van der Waals surface area (Å²) in [6.07, 6.45) is 0. The van der Waals surface area contributed by atoms with Crippen molar-refractivity contribution in [1.82, 2.24) is 20.9 Å². The molecular formula is C29H35N9O6+2. The lowest BCUT2D eigenvalue weighted by Crippen LogP contribution is -2.92. The maximum atomic E-state index is 13.6. The highest BCUT2D eigenvalue weighted by molar-refractivity contribution is 6.12. The number of amides is 4. The van der Waals surface area contributed by atoms with E-state index >= 15 is 0 Å². The molecule has 44 heavy (non-hydrogen) atoms. The molecule has 5 heterocycles. The Morgan fingerprint density at radius 2 is 1.91 bits per heavy atom. The van der Waals surface area contributed by atoms with Gasteiger partial charge in [0, 0.05) is 16.7 Å². The Labute approximate surface area is 252 Å². The number of nitrogens with zero attached hydrogens (tertiary/aromatic N) is 3. The molecule has 2 aromatic carbocycles. The first-order valence-corrected chi connectivity index (χ1v) is 14.4. The van der Waals surface area contributed by atoms with E-state index in [1.165, 1.54) is 9.48 Å². The zero-order valence-electron chi connectivity index (χ0n) is 24.2. The number of nitrogens with two attached hydrogens (primary N) is 2. The number of anilines is 1. The maximum absolute atomic E-state index is 13.6. The number of fused-ring (bicyclic) bond motifs is 1. The number of para-hydroxylation sites is 2. The number of aliphatic hydroxyl groups is 2. The van der Waals surface area contributed by atoms with Crippen molar-refractivity contribution in [2.75, 3.05) is 31.1 Å². The van der Waals surface area contributed by atoms with Gasteiger partial charge in [0.05, 0.1) is 25.3 Å². The lowest BCUT2D eigenvalue weighted by molar-refractivity contribution is -0.674. The second-order valence-electron chi connectivity index (χ2n) is 12.5. The smallest absolute Gasteiger partial charge is 0.347 e. The zero-order chi connectivity index (χ0) is 31.2. The molecule has 230 valence electrons. The molecule has 7 rings (SSSR count). The topological polar surface area (TPSA) is 212 Å². The van der Waals surface area contributed by atoms with Crippen LogP contribution in [0.2, 0.25) is 0 Å². The summed E-state index contributed by atoms with van der Waals surface area (Å²) in [5, 5.41) is 32.5. The molecule has 4 amide bonds. The number of nitrogens with one attached hydrogen (secondary N) is 4. The minimum absolute atomic E-state index is 0.0300. The highest BCUT2D eigenvalue weighted by Gasteiger charge is 2.78. The molecule has 10 N–H and O–H groups in total. The quantitative estimate of drug-likeness (QED) is 0.0939. The fraction of sp³-hybridized carbons (Fsp3) is 0.414. The maximum Gasteiger partial charge on any atom is 0.347 e. The van der Waals surface area contributed by atoms with E-state index in [0.717, 1.165) is 10.5 Å². The summed E-state index contributed by atoms with van der Waals surface area (Å²) < 4.78 is 7.36. The Morgan fingerprint density at radius 1 is 1.16 bits per heavy atom. The van der Waals surface area contributed by atoms with E-state index in [1.807, 2.05) is 26.0 Å². The summed E-state index contributed by atoms with van der Waals surface area (Å²) in [4.78, 5) is 45.4. The van der Waals surface area contributed by atoms with E-state index in [0.29, 0.717) is 18.0 Å². The van der Waals surface area contributed by atoms with Crippen LogP contribution in [0.3, 0.4) is 0 Å². The number of rotatable bonds is 5. The average Bonchev–Trinajstić information content (AvgIpc) is 3.66. The number of guanidine groups is 2. The first kappa shape index (κ1) is 27.9. The fourth-order valence-corrected chi connectivity index (χ4v) is 7.09. The van der Waals surface area contributed by atoms with Crippen LogP contribution >= 0.6 is 0 Å². The van der Waals surface area contributed by atoms with Crippen LogP contribution in [0.15, 0.2) is 48.5 Å². The summed E-state index contributed by atoms with van der Waals surface area (Å²) in [5.41, 5.74) is 12.3. The molecule has 5 aliphatic rings. The number of hydrogen-bond acceptors (Lipinski definition) is 10. The highest BCUT2D eigenvalue weighted by Crippen LogP contribution is 2.42. The predicted octanol–water partition coefficient (Wildman–Crippen LogP) is -4.02. The number of ether oxygens (including phenoxy) is 1. The van der Waals surface area contributed by atoms with E-state index in [-0.39, 0.29) is 42.5 Å². The average molecular weight is 606 g/mol. The third-order valence-electron chi connectivity index (χ3n) is 9.33. The molecule has 1 spiro atoms. The van der Waals surface area contributed by atoms with E-state index in [1.54, 1.807) is 36.4 Å². The predicted molar refractivity (Wildman–Crippen MR) is 155 cm³/mol. The monoisotopic (exact) mass is 605 g/mol. The highest BCUT2D eigenvalue weighted by atomic mass is 16.5. The molecule has 2 fully saturated rings. The van der Waals surface area contributed by atoms with Gasteiger partial charge in [0.2, 0.25) is 0 Å². The van der Waals surface area contributed by atoms with Crippen molar-refractivity contribution in [2.45, 2.75) is 48.8 Å². The summed E-state index contributed by atoms with van der Waals surface area (Å²) in [6, 6.07) is 10.6. The van der Waals surface area contributed by atoms with E-state index in [4.69, 9.17) is 16.2 Å². The molecular weight excluding hydrogens is 570 g/mol. The standard InChI is InChI=1S/C29H33N9O6/c1-27(2)14-44-21-16(9-6-10-17(21)27)23(40)33-19-12-38-25(31)32-18(22-28(38,29(19,42)43)35-24(30)34-22)11-37-20(39)13-36(26(37)41)15-7-4-3-5-8-15/h3-10,18-19,22,42-43H,11-14H2,1-2H3,(H6,30,31,32,33,34,35,40)/p+2/t18-,19-,22-,28-/m0/s1. The Morgan fingerprint density at radius 3 is 2.66 bits per heavy atom. The van der Waals surface area contributed by atoms with Crippen molar-refractivity contribution in [3.05, 3.63) is 59.7 Å². The van der Waals surface area contributed by atoms with Crippen LogP contribution in [0.4, 0.5) is 10.5 Å². The first-order valence-electron chi connectivity index (χ1n) is 14.4. The summed E-state index contributed by atoms with van der Waals surface area (Å²) >= 11 is 0. The lowest BCUT2D eigenvalue weighted by Gasteiger charge is -2.41. The number of benzene rings is 2. The van der Waals surface area contributed by atoms with Gasteiger partial charge in [-0.1, -0.05) is 44.2 Å². The molecule has 2 saturated heterocycles. The number of carbonyl (C=O) groups excluding carboxylic acids is 3. The Bertz CT molecular complexity index is 1660. The third-order valence-corrected chi connectivity index (χ3v) is 9.33. The number of urea groups is 1. The van der Waals surface area contributed by atoms with Gasteiger partial charge in [-0.15, -0.1) is 0 Å². The summed E-state index contributed by atoms with van der Waals surface area (Å²) in [6.45, 7) is 4.05. The fourth-order valence-electron chi connectivity index (χ4n) is 7.09. The van der Waals surface area contributed by atoms with Crippen LogP contribution in [0, 0.1) is 0 Å². The van der Waals surface area contributed by atoms with Crippen LogP contribution in [0.5, 0.6) is 5.75 Å². The van der Waals surface area contributed by atoms with Crippen LogP contribution < -0.4 is 42.0 Å². The molecule has 2 aromatic rings. The molecule has 4 atom stereocenters. The third kappa shape index (κ3) is 3.78. The largest absolute Gasteiger partial charge is 0.492 e. The molecule has 0 saturated carbocycles. The molecule has 0 radical (unpaired) electrons. The van der Waals surface area contributed by atoms with Gasteiger partial charge in [-0.05, 0) is 18.2 Å². The molecule has 0 bridgehead atoms. The van der Waals surface area contributed by atoms with Crippen LogP contribution in [-0.4, -0.2) is 105 Å². The molecule has 15 heteroatoms. The number of imide groups is 1. The van der Waals surface area contributed by atoms with Crippen LogP contribution in [0.25, 0.3) is 0 Å². The van der Waals surface area contributed by atoms with Crippen molar-refractivity contribution in [3.8, 4) is 5.75 Å². The van der Waals surface area contributed by atoms with Crippen molar-refractivity contribution < 1.29 is 38.9 Å². The normalized spacial score (nSPS) is 29.4. The van der Waals surface area contributed by atoms with Gasteiger partial charge >= 0.3 is 18.0 Å². The van der Waals surface area contributed by atoms with Gasteiger partial charge in [-0.3, -0.25) is 41.2 Å².